The van der Waals surface area contributed by atoms with Crippen molar-refractivity contribution in [3.05, 3.63) is 58.1 Å². The van der Waals surface area contributed by atoms with Gasteiger partial charge in [0.2, 0.25) is 0 Å². The van der Waals surface area contributed by atoms with E-state index < -0.39 is 0 Å². The third kappa shape index (κ3) is 4.79. The Bertz CT molecular complexity index is 1160. The van der Waals surface area contributed by atoms with Crippen LogP contribution in [0.2, 0.25) is 0 Å². The van der Waals surface area contributed by atoms with Gasteiger partial charge < -0.3 is 20.2 Å². The smallest absolute Gasteiger partial charge is 0.199 e. The van der Waals surface area contributed by atoms with Crippen molar-refractivity contribution in [2.75, 3.05) is 39.3 Å². The van der Waals surface area contributed by atoms with Crippen molar-refractivity contribution in [2.24, 2.45) is 10.1 Å². The van der Waals surface area contributed by atoms with Crippen molar-refractivity contribution in [2.45, 2.75) is 0 Å². The lowest BCUT2D eigenvalue weighted by atomic mass is 10.0. The van der Waals surface area contributed by atoms with Crippen LogP contribution in [0.1, 0.15) is 11.1 Å². The number of nitrogens with one attached hydrogen (secondary N) is 2. The Hall–Kier alpha value is -2.10. The van der Waals surface area contributed by atoms with Gasteiger partial charge in [0, 0.05) is 48.1 Å². The molecule has 0 saturated carbocycles. The predicted molar refractivity (Wildman–Crippen MR) is 137 cm³/mol. The van der Waals surface area contributed by atoms with E-state index in [0.717, 1.165) is 59.4 Å². The molecule has 0 aliphatic carbocycles. The summed E-state index contributed by atoms with van der Waals surface area (Å²) >= 11 is 3.48. The molecule has 2 aliphatic rings. The highest BCUT2D eigenvalue weighted by atomic mass is 79.9. The maximum atomic E-state index is 10.7. The number of piperazine rings is 1. The van der Waals surface area contributed by atoms with E-state index >= 15 is 0 Å². The van der Waals surface area contributed by atoms with E-state index in [0.29, 0.717) is 23.6 Å². The zero-order chi connectivity index (χ0) is 20.5. The van der Waals surface area contributed by atoms with Crippen molar-refractivity contribution in [1.29, 1.82) is 0 Å². The Labute approximate surface area is 206 Å². The highest BCUT2D eigenvalue weighted by Gasteiger charge is 2.29. The summed E-state index contributed by atoms with van der Waals surface area (Å²) in [5.74, 6) is 0.0724. The summed E-state index contributed by atoms with van der Waals surface area (Å²) in [5, 5.41) is 19.4. The van der Waals surface area contributed by atoms with E-state index in [2.05, 4.69) is 36.3 Å². The van der Waals surface area contributed by atoms with E-state index in [4.69, 9.17) is 9.83 Å². The summed E-state index contributed by atoms with van der Waals surface area (Å²) in [5.41, 5.74) is 4.45. The molecule has 3 aromatic rings. The Balaban J connectivity index is 0.00000144. The number of hydrogen-bond acceptors (Lipinski definition) is 6. The lowest BCUT2D eigenvalue weighted by Gasteiger charge is -2.26. The topological polar surface area (TPSA) is 85.2 Å². The summed E-state index contributed by atoms with van der Waals surface area (Å²) in [6.07, 6.45) is 0. The Morgan fingerprint density at radius 2 is 1.91 bits per heavy atom. The molecule has 7 nitrogen and oxygen atoms in total. The van der Waals surface area contributed by atoms with Crippen LogP contribution in [0, 0.1) is 0 Å². The van der Waals surface area contributed by atoms with Crippen molar-refractivity contribution < 1.29 is 9.94 Å². The molecule has 1 aromatic heterocycles. The van der Waals surface area contributed by atoms with Gasteiger partial charge in [-0.2, -0.15) is 0 Å². The average Bonchev–Trinajstić information content (AvgIpc) is 3.27. The second-order valence-corrected chi connectivity index (χ2v) is 8.30. The molecule has 0 radical (unpaired) electrons. The van der Waals surface area contributed by atoms with Crippen molar-refractivity contribution in [1.82, 2.24) is 15.2 Å². The molecular weight excluding hydrogens is 517 g/mol. The summed E-state index contributed by atoms with van der Waals surface area (Å²) < 4.78 is 0.935. The number of aromatic nitrogens is 1. The number of rotatable bonds is 5. The van der Waals surface area contributed by atoms with Gasteiger partial charge in [-0.05, 0) is 18.2 Å². The Kier molecular flexibility index (Phi) is 8.19. The van der Waals surface area contributed by atoms with E-state index in [1.54, 1.807) is 0 Å². The number of nitrogens with zero attached hydrogens (tertiary/aromatic N) is 3. The van der Waals surface area contributed by atoms with Gasteiger partial charge in [0.25, 0.3) is 0 Å². The van der Waals surface area contributed by atoms with Crippen LogP contribution in [0.5, 0.6) is 5.88 Å². The summed E-state index contributed by atoms with van der Waals surface area (Å²) in [6.45, 7) is 5.40. The first kappa shape index (κ1) is 24.5. The summed E-state index contributed by atoms with van der Waals surface area (Å²) in [6, 6.07) is 13.7. The molecule has 3 N–H and O–H groups in total. The van der Waals surface area contributed by atoms with Crippen LogP contribution < -0.4 is 5.32 Å². The number of fused-ring (bicyclic) bond motifs is 2. The molecule has 1 fully saturated rings. The monoisotopic (exact) mass is 539 g/mol. The van der Waals surface area contributed by atoms with Crippen molar-refractivity contribution >= 4 is 68.8 Å². The predicted octanol–water partition coefficient (Wildman–Crippen LogP) is 4.24. The highest BCUT2D eigenvalue weighted by Crippen LogP contribution is 2.36. The van der Waals surface area contributed by atoms with Gasteiger partial charge >= 0.3 is 0 Å². The zero-order valence-electron chi connectivity index (χ0n) is 17.2. The summed E-state index contributed by atoms with van der Waals surface area (Å²) in [7, 11) is 0. The van der Waals surface area contributed by atoms with Gasteiger partial charge in [0.15, 0.2) is 5.88 Å². The average molecular weight is 541 g/mol. The molecule has 10 heteroatoms. The minimum Gasteiger partial charge on any atom is -0.494 e. The van der Waals surface area contributed by atoms with Gasteiger partial charge in [0.05, 0.1) is 16.8 Å². The molecular formula is C22H24BrCl2N5O2. The molecule has 0 unspecified atom stereocenters. The second-order valence-electron chi connectivity index (χ2n) is 7.38. The Morgan fingerprint density at radius 3 is 2.72 bits per heavy atom. The van der Waals surface area contributed by atoms with Gasteiger partial charge in [-0.15, -0.1) is 24.8 Å². The molecule has 2 aliphatic heterocycles. The van der Waals surface area contributed by atoms with Gasteiger partial charge in [-0.25, -0.2) is 4.99 Å². The number of halogens is 3. The number of hydrogen-bond donors (Lipinski definition) is 3. The standard InChI is InChI=1S/C22H22BrN5O2.2ClH/c23-14-5-6-15-18(13-14)26-22(29)19(15)21-20(16-3-1-2-4-17(16)25-21)27-30-12-11-28-9-7-24-8-10-28;;/h1-6,13,24,26,29H,7-12H2;2*1H/b27-20+;;. The van der Waals surface area contributed by atoms with Crippen LogP contribution in [0.4, 0.5) is 5.69 Å². The number of aromatic amines is 1. The van der Waals surface area contributed by atoms with Crippen LogP contribution in [0.15, 0.2) is 57.1 Å². The number of aromatic hydroxyl groups is 1. The molecule has 1 saturated heterocycles. The molecule has 0 atom stereocenters. The van der Waals surface area contributed by atoms with E-state index in [1.807, 2.05) is 42.5 Å². The van der Waals surface area contributed by atoms with Crippen LogP contribution in [-0.4, -0.2) is 65.7 Å². The fraction of sp³-hybridized carbons (Fsp3) is 0.273. The van der Waals surface area contributed by atoms with Gasteiger partial charge in [-0.1, -0.05) is 45.4 Å². The molecule has 170 valence electrons. The van der Waals surface area contributed by atoms with Crippen LogP contribution >= 0.6 is 40.7 Å². The molecule has 5 rings (SSSR count). The van der Waals surface area contributed by atoms with Crippen LogP contribution in [0.25, 0.3) is 10.9 Å². The largest absolute Gasteiger partial charge is 0.494 e. The first-order valence-corrected chi connectivity index (χ1v) is 10.8. The van der Waals surface area contributed by atoms with Crippen LogP contribution in [0.3, 0.4) is 0 Å². The highest BCUT2D eigenvalue weighted by molar-refractivity contribution is 9.10. The minimum absolute atomic E-state index is 0. The Morgan fingerprint density at radius 1 is 1.12 bits per heavy atom. The van der Waals surface area contributed by atoms with Gasteiger partial charge in [-0.3, -0.25) is 4.90 Å². The number of aliphatic imine (C=N–C) groups is 1. The number of benzene rings is 2. The van der Waals surface area contributed by atoms with Crippen molar-refractivity contribution in [3.63, 3.8) is 0 Å². The quantitative estimate of drug-likeness (QED) is 0.334. The maximum Gasteiger partial charge on any atom is 0.199 e. The van der Waals surface area contributed by atoms with E-state index in [-0.39, 0.29) is 30.7 Å². The van der Waals surface area contributed by atoms with E-state index in [1.165, 1.54) is 0 Å². The first-order valence-electron chi connectivity index (χ1n) is 10.0. The number of H-pyrrole nitrogens is 1. The number of para-hydroxylation sites is 1. The van der Waals surface area contributed by atoms with E-state index in [9.17, 15) is 5.11 Å². The normalized spacial score (nSPS) is 16.9. The molecule has 0 bridgehead atoms. The minimum atomic E-state index is 0. The van der Waals surface area contributed by atoms with Crippen molar-refractivity contribution in [3.8, 4) is 5.88 Å². The third-order valence-electron chi connectivity index (χ3n) is 5.46. The van der Waals surface area contributed by atoms with Gasteiger partial charge in [0.1, 0.15) is 18.0 Å². The lowest BCUT2D eigenvalue weighted by Crippen LogP contribution is -2.44. The maximum absolute atomic E-state index is 10.7. The summed E-state index contributed by atoms with van der Waals surface area (Å²) in [4.78, 5) is 15.9. The molecule has 32 heavy (non-hydrogen) atoms. The molecule has 0 amide bonds. The zero-order valence-corrected chi connectivity index (χ0v) is 20.4. The fourth-order valence-electron chi connectivity index (χ4n) is 3.95. The third-order valence-corrected chi connectivity index (χ3v) is 5.95. The van der Waals surface area contributed by atoms with Crippen LogP contribution in [-0.2, 0) is 4.84 Å². The molecule has 0 spiro atoms. The first-order chi connectivity index (χ1) is 14.7. The SMILES string of the molecule is Cl.Cl.Oc1[nH]c2cc(Br)ccc2c1C1=Nc2ccccc2/C1=N\OCCN1CCNCC1. The number of oxime groups is 1. The fourth-order valence-corrected chi connectivity index (χ4v) is 4.31. The lowest BCUT2D eigenvalue weighted by molar-refractivity contribution is 0.106. The molecule has 3 heterocycles. The second kappa shape index (κ2) is 10.7. The molecule has 2 aromatic carbocycles.